The van der Waals surface area contributed by atoms with Crippen LogP contribution in [0.25, 0.3) is 0 Å². The third-order valence-corrected chi connectivity index (χ3v) is 3.30. The van der Waals surface area contributed by atoms with Gasteiger partial charge in [0.15, 0.2) is 0 Å². The van der Waals surface area contributed by atoms with Gasteiger partial charge in [0.05, 0.1) is 12.1 Å². The van der Waals surface area contributed by atoms with Crippen LogP contribution in [0.2, 0.25) is 0 Å². The van der Waals surface area contributed by atoms with Gasteiger partial charge in [-0.25, -0.2) is 13.5 Å². The van der Waals surface area contributed by atoms with E-state index in [0.717, 1.165) is 25.9 Å². The number of halogens is 2. The van der Waals surface area contributed by atoms with Gasteiger partial charge in [0.25, 0.3) is 5.92 Å². The average molecular weight is 228 g/mol. The Bertz CT molecular complexity index is 385. The fraction of sp³-hybridized carbons (Fsp3) is 0.727. The molecule has 2 unspecified atom stereocenters. The quantitative estimate of drug-likeness (QED) is 0.778. The van der Waals surface area contributed by atoms with Crippen molar-refractivity contribution in [3.05, 3.63) is 18.0 Å². The molecule has 0 aromatic carbocycles. The smallest absolute Gasteiger partial charge is 0.256 e. The van der Waals surface area contributed by atoms with Gasteiger partial charge in [-0.3, -0.25) is 0 Å². The molecule has 2 aliphatic rings. The fourth-order valence-corrected chi connectivity index (χ4v) is 2.20. The lowest BCUT2D eigenvalue weighted by Crippen LogP contribution is -2.18. The molecule has 1 saturated carbocycles. The molecule has 3 rings (SSSR count). The second kappa shape index (κ2) is 3.52. The van der Waals surface area contributed by atoms with Crippen molar-refractivity contribution in [1.82, 2.24) is 9.78 Å². The molecule has 1 aromatic heterocycles. The van der Waals surface area contributed by atoms with E-state index in [4.69, 9.17) is 4.74 Å². The largest absolute Gasteiger partial charge is 0.357 e. The highest BCUT2D eigenvalue weighted by molar-refractivity contribution is 5.24. The van der Waals surface area contributed by atoms with Crippen LogP contribution in [0, 0.1) is 0 Å². The van der Waals surface area contributed by atoms with Crippen molar-refractivity contribution in [2.24, 2.45) is 0 Å². The van der Waals surface area contributed by atoms with Crippen LogP contribution in [0.5, 0.6) is 0 Å². The Labute approximate surface area is 92.4 Å². The average Bonchev–Trinajstić information content (AvgIpc) is 2.76. The van der Waals surface area contributed by atoms with Crippen LogP contribution in [-0.4, -0.2) is 22.3 Å². The molecule has 0 amide bonds. The van der Waals surface area contributed by atoms with Crippen LogP contribution in [0.1, 0.15) is 43.4 Å². The van der Waals surface area contributed by atoms with E-state index in [2.05, 4.69) is 5.10 Å². The van der Waals surface area contributed by atoms with E-state index in [1.54, 1.807) is 17.1 Å². The molecule has 2 atom stereocenters. The first-order valence-corrected chi connectivity index (χ1v) is 5.70. The van der Waals surface area contributed by atoms with Crippen molar-refractivity contribution in [3.63, 3.8) is 0 Å². The van der Waals surface area contributed by atoms with Crippen molar-refractivity contribution in [2.45, 2.75) is 43.8 Å². The van der Waals surface area contributed by atoms with Crippen LogP contribution < -0.4 is 0 Å². The summed E-state index contributed by atoms with van der Waals surface area (Å²) in [4.78, 5) is 0. The summed E-state index contributed by atoms with van der Waals surface area (Å²) in [5.41, 5.74) is 0.638. The third-order valence-electron chi connectivity index (χ3n) is 3.30. The van der Waals surface area contributed by atoms with Gasteiger partial charge < -0.3 is 4.74 Å². The van der Waals surface area contributed by atoms with Crippen molar-refractivity contribution >= 4 is 0 Å². The van der Waals surface area contributed by atoms with E-state index in [-0.39, 0.29) is 12.6 Å². The number of aromatic nitrogens is 2. The van der Waals surface area contributed by atoms with Gasteiger partial charge in [-0.05, 0) is 24.8 Å². The first kappa shape index (κ1) is 10.2. The maximum Gasteiger partial charge on any atom is 0.256 e. The molecule has 0 N–H and O–H groups in total. The molecular formula is C11H14F2N2O. The summed E-state index contributed by atoms with van der Waals surface area (Å²) >= 11 is 0. The van der Waals surface area contributed by atoms with Crippen molar-refractivity contribution in [2.75, 3.05) is 6.61 Å². The van der Waals surface area contributed by atoms with E-state index >= 15 is 0 Å². The van der Waals surface area contributed by atoms with Gasteiger partial charge in [-0.2, -0.15) is 5.10 Å². The van der Waals surface area contributed by atoms with E-state index in [9.17, 15) is 8.78 Å². The first-order valence-electron chi connectivity index (χ1n) is 5.70. The van der Waals surface area contributed by atoms with E-state index in [0.29, 0.717) is 5.56 Å². The number of rotatable bonds is 2. The zero-order chi connectivity index (χ0) is 11.2. The SMILES string of the molecule is FC1(F)CC1c1cnn(C2CCCCO2)c1. The Kier molecular flexibility index (Phi) is 2.24. The number of nitrogens with zero attached hydrogens (tertiary/aromatic N) is 2. The predicted octanol–water partition coefficient (Wildman–Crippen LogP) is 2.70. The van der Waals surface area contributed by atoms with E-state index in [1.807, 2.05) is 0 Å². The molecule has 5 heteroatoms. The fourth-order valence-electron chi connectivity index (χ4n) is 2.20. The second-order valence-corrected chi connectivity index (χ2v) is 4.59. The summed E-state index contributed by atoms with van der Waals surface area (Å²) in [7, 11) is 0. The molecule has 1 saturated heterocycles. The predicted molar refractivity (Wildman–Crippen MR) is 53.4 cm³/mol. The van der Waals surface area contributed by atoms with Gasteiger partial charge in [0.1, 0.15) is 6.23 Å². The van der Waals surface area contributed by atoms with Crippen LogP contribution in [-0.2, 0) is 4.74 Å². The zero-order valence-electron chi connectivity index (χ0n) is 8.90. The lowest BCUT2D eigenvalue weighted by atomic mass is 10.2. The van der Waals surface area contributed by atoms with Gasteiger partial charge >= 0.3 is 0 Å². The standard InChI is InChI=1S/C11H14F2N2O/c12-11(13)5-9(11)8-6-14-15(7-8)10-3-1-2-4-16-10/h6-7,9-10H,1-5H2. The summed E-state index contributed by atoms with van der Waals surface area (Å²) in [5.74, 6) is -3.13. The topological polar surface area (TPSA) is 27.1 Å². The molecule has 16 heavy (non-hydrogen) atoms. The van der Waals surface area contributed by atoms with Crippen molar-refractivity contribution in [3.8, 4) is 0 Å². The Balaban J connectivity index is 1.72. The first-order chi connectivity index (χ1) is 7.67. The number of hydrogen-bond acceptors (Lipinski definition) is 2. The Morgan fingerprint density at radius 3 is 2.88 bits per heavy atom. The maximum absolute atomic E-state index is 12.9. The summed E-state index contributed by atoms with van der Waals surface area (Å²) in [6.45, 7) is 0.736. The summed E-state index contributed by atoms with van der Waals surface area (Å²) < 4.78 is 33.0. The Morgan fingerprint density at radius 2 is 2.25 bits per heavy atom. The molecule has 1 aliphatic heterocycles. The molecule has 3 nitrogen and oxygen atoms in total. The van der Waals surface area contributed by atoms with E-state index in [1.165, 1.54) is 0 Å². The highest BCUT2D eigenvalue weighted by Crippen LogP contribution is 2.55. The highest BCUT2D eigenvalue weighted by Gasteiger charge is 2.58. The van der Waals surface area contributed by atoms with Gasteiger partial charge in [-0.15, -0.1) is 0 Å². The normalized spacial score (nSPS) is 32.6. The minimum atomic E-state index is -2.51. The summed E-state index contributed by atoms with van der Waals surface area (Å²) in [6, 6.07) is 0. The molecule has 2 fully saturated rings. The molecule has 88 valence electrons. The zero-order valence-corrected chi connectivity index (χ0v) is 8.90. The number of hydrogen-bond donors (Lipinski definition) is 0. The molecule has 1 aliphatic carbocycles. The van der Waals surface area contributed by atoms with Gasteiger partial charge in [0.2, 0.25) is 0 Å². The lowest BCUT2D eigenvalue weighted by Gasteiger charge is -2.22. The van der Waals surface area contributed by atoms with Crippen LogP contribution >= 0.6 is 0 Å². The van der Waals surface area contributed by atoms with Crippen molar-refractivity contribution in [1.29, 1.82) is 0 Å². The molecule has 1 aromatic rings. The van der Waals surface area contributed by atoms with E-state index < -0.39 is 11.8 Å². The Hall–Kier alpha value is -0.970. The maximum atomic E-state index is 12.9. The molecule has 0 spiro atoms. The number of alkyl halides is 2. The minimum absolute atomic E-state index is 0.0375. The van der Waals surface area contributed by atoms with Gasteiger partial charge in [0, 0.05) is 19.2 Å². The van der Waals surface area contributed by atoms with Crippen LogP contribution in [0.3, 0.4) is 0 Å². The summed E-state index contributed by atoms with van der Waals surface area (Å²) in [5, 5.41) is 4.12. The summed E-state index contributed by atoms with van der Waals surface area (Å²) in [6.07, 6.45) is 6.26. The molecule has 0 radical (unpaired) electrons. The molecule has 0 bridgehead atoms. The monoisotopic (exact) mass is 228 g/mol. The van der Waals surface area contributed by atoms with Crippen LogP contribution in [0.4, 0.5) is 8.78 Å². The molecular weight excluding hydrogens is 214 g/mol. The van der Waals surface area contributed by atoms with Crippen molar-refractivity contribution < 1.29 is 13.5 Å². The Morgan fingerprint density at radius 1 is 1.44 bits per heavy atom. The second-order valence-electron chi connectivity index (χ2n) is 4.59. The number of ether oxygens (including phenoxy) is 1. The van der Waals surface area contributed by atoms with Crippen LogP contribution in [0.15, 0.2) is 12.4 Å². The molecule has 2 heterocycles. The third kappa shape index (κ3) is 1.73. The lowest BCUT2D eigenvalue weighted by molar-refractivity contribution is -0.0395. The highest BCUT2D eigenvalue weighted by atomic mass is 19.3. The van der Waals surface area contributed by atoms with Gasteiger partial charge in [-0.1, -0.05) is 0 Å². The minimum Gasteiger partial charge on any atom is -0.357 e.